The molecule has 0 spiro atoms. The molecule has 0 aliphatic carbocycles. The lowest BCUT2D eigenvalue weighted by Gasteiger charge is -2.19. The van der Waals surface area contributed by atoms with Crippen LogP contribution in [0.3, 0.4) is 0 Å². The monoisotopic (exact) mass is 229 g/mol. The van der Waals surface area contributed by atoms with E-state index in [-0.39, 0.29) is 6.09 Å². The average molecular weight is 229 g/mol. The van der Waals surface area contributed by atoms with E-state index >= 15 is 0 Å². The van der Waals surface area contributed by atoms with Gasteiger partial charge in [-0.3, -0.25) is 4.57 Å². The van der Waals surface area contributed by atoms with Crippen LogP contribution in [0.25, 0.3) is 10.9 Å². The van der Waals surface area contributed by atoms with Crippen molar-refractivity contribution in [3.05, 3.63) is 30.5 Å². The largest absolute Gasteiger partial charge is 0.443 e. The van der Waals surface area contributed by atoms with Crippen molar-refractivity contribution in [2.45, 2.75) is 26.4 Å². The SMILES string of the molecule is Bc1cccc2c1ccn2C(=O)OC(C)(C)C. The van der Waals surface area contributed by atoms with Crippen LogP contribution in [-0.2, 0) is 4.74 Å². The summed E-state index contributed by atoms with van der Waals surface area (Å²) < 4.78 is 6.90. The molecule has 0 fully saturated rings. The molecule has 2 rings (SSSR count). The van der Waals surface area contributed by atoms with Gasteiger partial charge < -0.3 is 4.74 Å². The Morgan fingerprint density at radius 1 is 1.29 bits per heavy atom. The van der Waals surface area contributed by atoms with Gasteiger partial charge in [-0.1, -0.05) is 17.6 Å². The minimum absolute atomic E-state index is 0.335. The van der Waals surface area contributed by atoms with Crippen LogP contribution in [0.2, 0.25) is 0 Å². The van der Waals surface area contributed by atoms with Crippen molar-refractivity contribution in [2.75, 3.05) is 0 Å². The Balaban J connectivity index is 2.43. The minimum Gasteiger partial charge on any atom is -0.443 e. The first-order valence-electron chi connectivity index (χ1n) is 5.68. The van der Waals surface area contributed by atoms with Crippen molar-refractivity contribution < 1.29 is 9.53 Å². The Hall–Kier alpha value is -1.71. The number of aromatic nitrogens is 1. The highest BCUT2D eigenvalue weighted by Gasteiger charge is 2.18. The van der Waals surface area contributed by atoms with Crippen LogP contribution in [0.1, 0.15) is 20.8 Å². The molecule has 1 aromatic heterocycles. The summed E-state index contributed by atoms with van der Waals surface area (Å²) in [7, 11) is 2.03. The first kappa shape index (κ1) is 11.8. The molecule has 0 atom stereocenters. The van der Waals surface area contributed by atoms with E-state index in [1.807, 2.05) is 52.9 Å². The molecule has 3 nitrogen and oxygen atoms in total. The van der Waals surface area contributed by atoms with Crippen molar-refractivity contribution in [1.29, 1.82) is 0 Å². The molecule has 17 heavy (non-hydrogen) atoms. The summed E-state index contributed by atoms with van der Waals surface area (Å²) in [6.45, 7) is 5.59. The fourth-order valence-electron chi connectivity index (χ4n) is 1.79. The molecule has 4 heteroatoms. The van der Waals surface area contributed by atoms with E-state index in [1.165, 1.54) is 0 Å². The zero-order valence-corrected chi connectivity index (χ0v) is 10.7. The summed E-state index contributed by atoms with van der Waals surface area (Å²) in [5, 5.41) is 1.08. The minimum atomic E-state index is -0.475. The molecule has 0 amide bonds. The van der Waals surface area contributed by atoms with E-state index in [0.717, 1.165) is 16.4 Å². The van der Waals surface area contributed by atoms with Crippen molar-refractivity contribution in [1.82, 2.24) is 4.57 Å². The maximum atomic E-state index is 12.0. The van der Waals surface area contributed by atoms with Gasteiger partial charge in [0.15, 0.2) is 0 Å². The van der Waals surface area contributed by atoms with Gasteiger partial charge in [0.25, 0.3) is 0 Å². The first-order valence-corrected chi connectivity index (χ1v) is 5.68. The molecule has 2 aromatic rings. The number of rotatable bonds is 0. The second-order valence-corrected chi connectivity index (χ2v) is 5.17. The van der Waals surface area contributed by atoms with Crippen LogP contribution in [-0.4, -0.2) is 24.1 Å². The highest BCUT2D eigenvalue weighted by Crippen LogP contribution is 2.16. The third kappa shape index (κ3) is 2.35. The van der Waals surface area contributed by atoms with Crippen LogP contribution < -0.4 is 5.46 Å². The lowest BCUT2D eigenvalue weighted by molar-refractivity contribution is 0.0544. The maximum absolute atomic E-state index is 12.0. The van der Waals surface area contributed by atoms with Gasteiger partial charge in [0.1, 0.15) is 13.4 Å². The Labute approximate surface area is 102 Å². The topological polar surface area (TPSA) is 31.2 Å². The predicted octanol–water partition coefficient (Wildman–Crippen LogP) is 1.68. The lowest BCUT2D eigenvalue weighted by Crippen LogP contribution is -2.26. The molecule has 0 saturated carbocycles. The second-order valence-electron chi connectivity index (χ2n) is 5.17. The van der Waals surface area contributed by atoms with E-state index in [2.05, 4.69) is 0 Å². The normalized spacial score (nSPS) is 11.7. The smallest absolute Gasteiger partial charge is 0.418 e. The number of ether oxygens (including phenoxy) is 1. The van der Waals surface area contributed by atoms with Gasteiger partial charge in [0.05, 0.1) is 5.52 Å². The predicted molar refractivity (Wildman–Crippen MR) is 71.7 cm³/mol. The Bertz CT molecular complexity index is 566. The van der Waals surface area contributed by atoms with E-state index < -0.39 is 5.60 Å². The number of nitrogens with zero attached hydrogens (tertiary/aromatic N) is 1. The summed E-state index contributed by atoms with van der Waals surface area (Å²) in [5.74, 6) is 0. The number of hydrogen-bond donors (Lipinski definition) is 0. The van der Waals surface area contributed by atoms with Crippen LogP contribution in [0.15, 0.2) is 30.5 Å². The molecule has 0 radical (unpaired) electrons. The van der Waals surface area contributed by atoms with Gasteiger partial charge in [-0.2, -0.15) is 0 Å². The summed E-state index contributed by atoms with van der Waals surface area (Å²) in [6.07, 6.45) is 1.42. The number of benzene rings is 1. The molecule has 1 aromatic carbocycles. The third-order valence-corrected chi connectivity index (χ3v) is 2.54. The number of carbonyl (C=O) groups is 1. The Morgan fingerprint density at radius 3 is 2.65 bits per heavy atom. The van der Waals surface area contributed by atoms with E-state index in [1.54, 1.807) is 10.8 Å². The van der Waals surface area contributed by atoms with Gasteiger partial charge >= 0.3 is 6.09 Å². The maximum Gasteiger partial charge on any atom is 0.418 e. The Kier molecular flexibility index (Phi) is 2.73. The highest BCUT2D eigenvalue weighted by molar-refractivity contribution is 6.38. The summed E-state index contributed by atoms with van der Waals surface area (Å²) in [4.78, 5) is 12.0. The van der Waals surface area contributed by atoms with Gasteiger partial charge in [-0.15, -0.1) is 0 Å². The second kappa shape index (κ2) is 3.95. The molecule has 88 valence electrons. The van der Waals surface area contributed by atoms with Crippen molar-refractivity contribution >= 4 is 30.3 Å². The fraction of sp³-hybridized carbons (Fsp3) is 0.308. The van der Waals surface area contributed by atoms with Crippen molar-refractivity contribution in [2.24, 2.45) is 0 Å². The third-order valence-electron chi connectivity index (χ3n) is 2.54. The molecule has 1 heterocycles. The molecule has 0 bridgehead atoms. The first-order chi connectivity index (χ1) is 7.88. The Morgan fingerprint density at radius 2 is 2.00 bits per heavy atom. The van der Waals surface area contributed by atoms with Crippen LogP contribution in [0, 0.1) is 0 Å². The summed E-state index contributed by atoms with van der Waals surface area (Å²) in [5.41, 5.74) is 1.57. The molecule has 0 unspecified atom stereocenters. The van der Waals surface area contributed by atoms with Crippen LogP contribution in [0.4, 0.5) is 4.79 Å². The molecule has 0 aliphatic heterocycles. The van der Waals surface area contributed by atoms with E-state index in [9.17, 15) is 4.79 Å². The van der Waals surface area contributed by atoms with Gasteiger partial charge in [-0.25, -0.2) is 4.79 Å². The van der Waals surface area contributed by atoms with Gasteiger partial charge in [0, 0.05) is 6.20 Å². The van der Waals surface area contributed by atoms with Crippen molar-refractivity contribution in [3.63, 3.8) is 0 Å². The summed E-state index contributed by atoms with van der Waals surface area (Å²) >= 11 is 0. The summed E-state index contributed by atoms with van der Waals surface area (Å²) in [6, 6.07) is 7.83. The standard InChI is InChI=1S/C13H16BNO2/c1-13(2,3)17-12(16)15-8-7-9-10(14)5-4-6-11(9)15/h4-8H,14H2,1-3H3. The van der Waals surface area contributed by atoms with Crippen LogP contribution in [0.5, 0.6) is 0 Å². The number of hydrogen-bond acceptors (Lipinski definition) is 2. The molecule has 0 saturated heterocycles. The lowest BCUT2D eigenvalue weighted by atomic mass is 9.93. The zero-order valence-electron chi connectivity index (χ0n) is 10.7. The molecule has 0 N–H and O–H groups in total. The zero-order chi connectivity index (χ0) is 12.6. The quantitative estimate of drug-likeness (QED) is 0.643. The van der Waals surface area contributed by atoms with E-state index in [0.29, 0.717) is 0 Å². The molecule has 0 aliphatic rings. The molecular formula is C13H16BNO2. The fourth-order valence-corrected chi connectivity index (χ4v) is 1.79. The average Bonchev–Trinajstić information content (AvgIpc) is 2.60. The molecular weight excluding hydrogens is 213 g/mol. The van der Waals surface area contributed by atoms with Crippen molar-refractivity contribution in [3.8, 4) is 0 Å². The van der Waals surface area contributed by atoms with Gasteiger partial charge in [0.2, 0.25) is 0 Å². The number of fused-ring (bicyclic) bond motifs is 1. The van der Waals surface area contributed by atoms with Gasteiger partial charge in [-0.05, 0) is 38.3 Å². The van der Waals surface area contributed by atoms with Crippen LogP contribution >= 0.6 is 0 Å². The number of carbonyl (C=O) groups excluding carboxylic acids is 1. The highest BCUT2D eigenvalue weighted by atomic mass is 16.6. The van der Waals surface area contributed by atoms with E-state index in [4.69, 9.17) is 4.74 Å².